The Bertz CT molecular complexity index is 572. The van der Waals surface area contributed by atoms with Crippen molar-refractivity contribution in [1.29, 1.82) is 0 Å². The van der Waals surface area contributed by atoms with Gasteiger partial charge in [-0.2, -0.15) is 4.98 Å². The number of rotatable bonds is 4. The van der Waals surface area contributed by atoms with E-state index in [2.05, 4.69) is 40.1 Å². The zero-order valence-electron chi connectivity index (χ0n) is 11.8. The SMILES string of the molecule is COc1nc2sccn2c1CNC1CCCC1(C)C. The lowest BCUT2D eigenvalue weighted by Crippen LogP contribution is -2.37. The third-order valence-electron chi connectivity index (χ3n) is 4.29. The normalized spacial score (nSPS) is 22.2. The van der Waals surface area contributed by atoms with Crippen LogP contribution in [0.2, 0.25) is 0 Å². The summed E-state index contributed by atoms with van der Waals surface area (Å²) in [7, 11) is 1.69. The third kappa shape index (κ3) is 2.25. The van der Waals surface area contributed by atoms with Crippen molar-refractivity contribution in [2.45, 2.75) is 45.7 Å². The molecule has 0 aromatic carbocycles. The summed E-state index contributed by atoms with van der Waals surface area (Å²) in [6.07, 6.45) is 5.96. The highest BCUT2D eigenvalue weighted by Gasteiger charge is 2.34. The Morgan fingerprint density at radius 3 is 3.11 bits per heavy atom. The average molecular weight is 279 g/mol. The van der Waals surface area contributed by atoms with E-state index in [0.717, 1.165) is 23.1 Å². The zero-order valence-corrected chi connectivity index (χ0v) is 12.6. The van der Waals surface area contributed by atoms with Crippen LogP contribution in [-0.2, 0) is 6.54 Å². The third-order valence-corrected chi connectivity index (χ3v) is 5.05. The van der Waals surface area contributed by atoms with Crippen LogP contribution in [0.5, 0.6) is 5.88 Å². The fraction of sp³-hybridized carbons (Fsp3) is 0.643. The van der Waals surface area contributed by atoms with E-state index in [1.165, 1.54) is 19.3 Å². The minimum atomic E-state index is 0.395. The molecular formula is C14H21N3OS. The second-order valence-electron chi connectivity index (χ2n) is 5.94. The molecule has 2 aromatic rings. The van der Waals surface area contributed by atoms with Crippen LogP contribution in [0.15, 0.2) is 11.6 Å². The van der Waals surface area contributed by atoms with Gasteiger partial charge in [0.25, 0.3) is 0 Å². The van der Waals surface area contributed by atoms with Crippen molar-refractivity contribution in [2.75, 3.05) is 7.11 Å². The van der Waals surface area contributed by atoms with Crippen LogP contribution < -0.4 is 10.1 Å². The van der Waals surface area contributed by atoms with Crippen LogP contribution in [0.1, 0.15) is 38.8 Å². The van der Waals surface area contributed by atoms with E-state index < -0.39 is 0 Å². The molecular weight excluding hydrogens is 258 g/mol. The van der Waals surface area contributed by atoms with Gasteiger partial charge in [-0.25, -0.2) is 0 Å². The molecule has 1 fully saturated rings. The van der Waals surface area contributed by atoms with E-state index >= 15 is 0 Å². The predicted molar refractivity (Wildman–Crippen MR) is 77.9 cm³/mol. The fourth-order valence-electron chi connectivity index (χ4n) is 3.06. The summed E-state index contributed by atoms with van der Waals surface area (Å²) in [5, 5.41) is 5.76. The number of ether oxygens (including phenoxy) is 1. The van der Waals surface area contributed by atoms with Crippen LogP contribution in [-0.4, -0.2) is 22.5 Å². The molecule has 1 saturated carbocycles. The van der Waals surface area contributed by atoms with Gasteiger partial charge in [0.2, 0.25) is 5.88 Å². The summed E-state index contributed by atoms with van der Waals surface area (Å²) in [6.45, 7) is 5.52. The molecule has 1 unspecified atom stereocenters. The Morgan fingerprint density at radius 1 is 1.58 bits per heavy atom. The summed E-state index contributed by atoms with van der Waals surface area (Å²) in [5.41, 5.74) is 1.52. The fourth-order valence-corrected chi connectivity index (χ4v) is 3.79. The minimum Gasteiger partial charge on any atom is -0.480 e. The Hall–Kier alpha value is -1.07. The van der Waals surface area contributed by atoms with Crippen molar-refractivity contribution < 1.29 is 4.74 Å². The number of nitrogens with zero attached hydrogens (tertiary/aromatic N) is 2. The average Bonchev–Trinajstić information content (AvgIpc) is 3.01. The lowest BCUT2D eigenvalue weighted by molar-refractivity contribution is 0.280. The van der Waals surface area contributed by atoms with Crippen molar-refractivity contribution in [1.82, 2.24) is 14.7 Å². The first-order chi connectivity index (χ1) is 9.12. The molecule has 5 heteroatoms. The largest absolute Gasteiger partial charge is 0.480 e. The molecule has 104 valence electrons. The number of imidazole rings is 1. The van der Waals surface area contributed by atoms with Gasteiger partial charge in [-0.1, -0.05) is 20.3 Å². The number of fused-ring (bicyclic) bond motifs is 1. The lowest BCUT2D eigenvalue weighted by Gasteiger charge is -2.27. The highest BCUT2D eigenvalue weighted by Crippen LogP contribution is 2.37. The van der Waals surface area contributed by atoms with Crippen LogP contribution in [0.25, 0.3) is 4.96 Å². The summed E-state index contributed by atoms with van der Waals surface area (Å²) >= 11 is 1.64. The number of methoxy groups -OCH3 is 1. The number of hydrogen-bond acceptors (Lipinski definition) is 4. The minimum absolute atomic E-state index is 0.395. The van der Waals surface area contributed by atoms with E-state index in [0.29, 0.717) is 11.5 Å². The molecule has 1 aliphatic carbocycles. The number of hydrogen-bond donors (Lipinski definition) is 1. The molecule has 1 atom stereocenters. The number of thiazole rings is 1. The lowest BCUT2D eigenvalue weighted by atomic mass is 9.87. The maximum atomic E-state index is 5.39. The van der Waals surface area contributed by atoms with Gasteiger partial charge in [-0.3, -0.25) is 4.40 Å². The molecule has 0 aliphatic heterocycles. The second kappa shape index (κ2) is 4.80. The van der Waals surface area contributed by atoms with Gasteiger partial charge in [-0.05, 0) is 18.3 Å². The Labute approximate surface area is 117 Å². The van der Waals surface area contributed by atoms with E-state index in [4.69, 9.17) is 4.74 Å². The number of aromatic nitrogens is 2. The molecule has 0 saturated heterocycles. The summed E-state index contributed by atoms with van der Waals surface area (Å²) in [6, 6.07) is 0.585. The van der Waals surface area contributed by atoms with Gasteiger partial charge >= 0.3 is 0 Å². The molecule has 0 bridgehead atoms. The van der Waals surface area contributed by atoms with Gasteiger partial charge in [0.05, 0.1) is 7.11 Å². The van der Waals surface area contributed by atoms with Crippen molar-refractivity contribution in [3.63, 3.8) is 0 Å². The molecule has 1 aliphatic rings. The quantitative estimate of drug-likeness (QED) is 0.934. The predicted octanol–water partition coefficient (Wildman–Crippen LogP) is 3.07. The maximum Gasteiger partial charge on any atom is 0.237 e. The van der Waals surface area contributed by atoms with Gasteiger partial charge in [-0.15, -0.1) is 11.3 Å². The maximum absolute atomic E-state index is 5.39. The van der Waals surface area contributed by atoms with Crippen molar-refractivity contribution in [2.24, 2.45) is 5.41 Å². The second-order valence-corrected chi connectivity index (χ2v) is 6.81. The van der Waals surface area contributed by atoms with Crippen LogP contribution >= 0.6 is 11.3 Å². The molecule has 19 heavy (non-hydrogen) atoms. The van der Waals surface area contributed by atoms with E-state index in [1.807, 2.05) is 0 Å². The Kier molecular flexibility index (Phi) is 3.27. The first kappa shape index (κ1) is 12.9. The summed E-state index contributed by atoms with van der Waals surface area (Å²) in [5.74, 6) is 0.746. The molecule has 0 amide bonds. The monoisotopic (exact) mass is 279 g/mol. The number of nitrogens with one attached hydrogen (secondary N) is 1. The summed E-state index contributed by atoms with van der Waals surface area (Å²) < 4.78 is 7.51. The molecule has 2 heterocycles. The van der Waals surface area contributed by atoms with Gasteiger partial charge < -0.3 is 10.1 Å². The smallest absolute Gasteiger partial charge is 0.237 e. The van der Waals surface area contributed by atoms with Crippen molar-refractivity contribution in [3.8, 4) is 5.88 Å². The van der Waals surface area contributed by atoms with Crippen molar-refractivity contribution >= 4 is 16.3 Å². The highest BCUT2D eigenvalue weighted by molar-refractivity contribution is 7.15. The van der Waals surface area contributed by atoms with E-state index in [-0.39, 0.29) is 0 Å². The van der Waals surface area contributed by atoms with Gasteiger partial charge in [0, 0.05) is 24.2 Å². The molecule has 4 nitrogen and oxygen atoms in total. The van der Waals surface area contributed by atoms with Crippen LogP contribution in [0, 0.1) is 5.41 Å². The first-order valence-corrected chi connectivity index (χ1v) is 7.71. The topological polar surface area (TPSA) is 38.6 Å². The zero-order chi connectivity index (χ0) is 13.5. The van der Waals surface area contributed by atoms with Gasteiger partial charge in [0.1, 0.15) is 5.69 Å². The molecule has 3 rings (SSSR count). The first-order valence-electron chi connectivity index (χ1n) is 6.83. The standard InChI is InChI=1S/C14H21N3OS/c1-14(2)6-4-5-11(14)15-9-10-12(18-3)16-13-17(10)7-8-19-13/h7-8,11,15H,4-6,9H2,1-3H3. The molecule has 0 radical (unpaired) electrons. The molecule has 0 spiro atoms. The van der Waals surface area contributed by atoms with Crippen LogP contribution in [0.3, 0.4) is 0 Å². The van der Waals surface area contributed by atoms with Gasteiger partial charge in [0.15, 0.2) is 4.96 Å². The van der Waals surface area contributed by atoms with Crippen LogP contribution in [0.4, 0.5) is 0 Å². The van der Waals surface area contributed by atoms with E-state index in [9.17, 15) is 0 Å². The summed E-state index contributed by atoms with van der Waals surface area (Å²) in [4.78, 5) is 5.49. The van der Waals surface area contributed by atoms with E-state index in [1.54, 1.807) is 18.4 Å². The van der Waals surface area contributed by atoms with Crippen molar-refractivity contribution in [3.05, 3.63) is 17.3 Å². The molecule has 1 N–H and O–H groups in total. The Balaban J connectivity index is 1.79. The Morgan fingerprint density at radius 2 is 2.42 bits per heavy atom. The highest BCUT2D eigenvalue weighted by atomic mass is 32.1. The molecule has 2 aromatic heterocycles.